The van der Waals surface area contributed by atoms with Crippen molar-refractivity contribution in [2.75, 3.05) is 26.4 Å². The van der Waals surface area contributed by atoms with E-state index in [9.17, 15) is 17.6 Å². The van der Waals surface area contributed by atoms with Crippen molar-refractivity contribution in [1.29, 1.82) is 0 Å². The van der Waals surface area contributed by atoms with Crippen molar-refractivity contribution in [2.24, 2.45) is 0 Å². The Bertz CT molecular complexity index is 625. The fourth-order valence-electron chi connectivity index (χ4n) is 2.51. The number of likely N-dealkylation sites (tertiary alicyclic amines) is 1. The van der Waals surface area contributed by atoms with Crippen LogP contribution in [0.2, 0.25) is 0 Å². The molecule has 116 valence electrons. The van der Waals surface area contributed by atoms with Crippen LogP contribution in [0, 0.1) is 5.82 Å². The summed E-state index contributed by atoms with van der Waals surface area (Å²) in [5, 5.41) is 0. The van der Waals surface area contributed by atoms with E-state index in [2.05, 4.69) is 0 Å². The Hall–Kier alpha value is -1.47. The number of nitrogens with zero attached hydrogens (tertiary/aromatic N) is 2. The predicted octanol–water partition coefficient (Wildman–Crippen LogP) is 1.32. The van der Waals surface area contributed by atoms with Gasteiger partial charge in [0, 0.05) is 31.7 Å². The lowest BCUT2D eigenvalue weighted by Gasteiger charge is -2.35. The molecule has 0 unspecified atom stereocenters. The van der Waals surface area contributed by atoms with Gasteiger partial charge in [-0.15, -0.1) is 0 Å². The standard InChI is InChI=1S/C14H19FN2O3S/c1-16(21(2,19)20)13-6-8-17(9-7-13)14(18)11-4-3-5-12(15)10-11/h3-5,10,13H,6-9H2,1-2H3. The number of halogens is 1. The Kier molecular flexibility index (Phi) is 4.63. The molecule has 5 nitrogen and oxygen atoms in total. The maximum absolute atomic E-state index is 13.1. The molecule has 21 heavy (non-hydrogen) atoms. The van der Waals surface area contributed by atoms with Crippen LogP contribution in [0.4, 0.5) is 4.39 Å². The van der Waals surface area contributed by atoms with Crippen LogP contribution < -0.4 is 0 Å². The minimum Gasteiger partial charge on any atom is -0.339 e. The minimum atomic E-state index is -3.22. The molecule has 1 aromatic carbocycles. The van der Waals surface area contributed by atoms with Crippen molar-refractivity contribution >= 4 is 15.9 Å². The molecule has 0 bridgehead atoms. The molecule has 0 atom stereocenters. The first kappa shape index (κ1) is 15.9. The van der Waals surface area contributed by atoms with Crippen LogP contribution in [0.25, 0.3) is 0 Å². The summed E-state index contributed by atoms with van der Waals surface area (Å²) in [4.78, 5) is 13.9. The Morgan fingerprint density at radius 3 is 2.48 bits per heavy atom. The maximum atomic E-state index is 13.1. The van der Waals surface area contributed by atoms with E-state index in [-0.39, 0.29) is 11.9 Å². The van der Waals surface area contributed by atoms with Crippen molar-refractivity contribution in [3.63, 3.8) is 0 Å². The quantitative estimate of drug-likeness (QED) is 0.845. The molecule has 7 heteroatoms. The van der Waals surface area contributed by atoms with Crippen LogP contribution in [-0.4, -0.2) is 56.0 Å². The summed E-state index contributed by atoms with van der Waals surface area (Å²) in [6.07, 6.45) is 2.35. The molecular weight excluding hydrogens is 295 g/mol. The lowest BCUT2D eigenvalue weighted by molar-refractivity contribution is 0.0686. The Morgan fingerprint density at radius 2 is 1.95 bits per heavy atom. The van der Waals surface area contributed by atoms with Gasteiger partial charge in [-0.1, -0.05) is 6.07 Å². The Morgan fingerprint density at radius 1 is 1.33 bits per heavy atom. The molecule has 1 saturated heterocycles. The van der Waals surface area contributed by atoms with E-state index in [1.807, 2.05) is 0 Å². The largest absolute Gasteiger partial charge is 0.339 e. The van der Waals surface area contributed by atoms with E-state index in [0.717, 1.165) is 0 Å². The highest BCUT2D eigenvalue weighted by Crippen LogP contribution is 2.19. The molecule has 1 amide bonds. The van der Waals surface area contributed by atoms with Crippen molar-refractivity contribution in [1.82, 2.24) is 9.21 Å². The molecule has 1 aliphatic rings. The summed E-state index contributed by atoms with van der Waals surface area (Å²) < 4.78 is 37.5. The zero-order chi connectivity index (χ0) is 15.6. The van der Waals surface area contributed by atoms with E-state index in [0.29, 0.717) is 31.5 Å². The number of hydrogen-bond donors (Lipinski definition) is 0. The molecule has 0 saturated carbocycles. The molecule has 0 N–H and O–H groups in total. The van der Waals surface area contributed by atoms with E-state index in [1.54, 1.807) is 18.0 Å². The molecule has 0 aliphatic carbocycles. The molecular formula is C14H19FN2O3S. The van der Waals surface area contributed by atoms with Crippen molar-refractivity contribution < 1.29 is 17.6 Å². The van der Waals surface area contributed by atoms with Crippen LogP contribution in [0.1, 0.15) is 23.2 Å². The summed E-state index contributed by atoms with van der Waals surface area (Å²) in [6.45, 7) is 0.944. The normalized spacial score (nSPS) is 17.2. The van der Waals surface area contributed by atoms with Crippen LogP contribution in [-0.2, 0) is 10.0 Å². The van der Waals surface area contributed by atoms with Crippen LogP contribution in [0.15, 0.2) is 24.3 Å². The molecule has 1 fully saturated rings. The summed E-state index contributed by atoms with van der Waals surface area (Å²) >= 11 is 0. The monoisotopic (exact) mass is 314 g/mol. The summed E-state index contributed by atoms with van der Waals surface area (Å²) in [7, 11) is -1.66. The molecule has 0 radical (unpaired) electrons. The number of rotatable bonds is 3. The van der Waals surface area contributed by atoms with Gasteiger partial charge in [0.25, 0.3) is 5.91 Å². The number of piperidine rings is 1. The number of benzene rings is 1. The SMILES string of the molecule is CN(C1CCN(C(=O)c2cccc(F)c2)CC1)S(C)(=O)=O. The van der Waals surface area contributed by atoms with Crippen molar-refractivity contribution in [3.05, 3.63) is 35.6 Å². The zero-order valence-corrected chi connectivity index (χ0v) is 12.9. The Balaban J connectivity index is 2.00. The third-order valence-electron chi connectivity index (χ3n) is 3.86. The molecule has 2 rings (SSSR count). The van der Waals surface area contributed by atoms with Gasteiger partial charge in [0.2, 0.25) is 10.0 Å². The lowest BCUT2D eigenvalue weighted by atomic mass is 10.0. The summed E-state index contributed by atoms with van der Waals surface area (Å²) in [6, 6.07) is 5.52. The Labute approximate surface area is 124 Å². The summed E-state index contributed by atoms with van der Waals surface area (Å²) in [5.74, 6) is -0.650. The van der Waals surface area contributed by atoms with Gasteiger partial charge in [-0.25, -0.2) is 17.1 Å². The number of sulfonamides is 1. The van der Waals surface area contributed by atoms with Crippen LogP contribution in [0.5, 0.6) is 0 Å². The average molecular weight is 314 g/mol. The first-order valence-corrected chi connectivity index (χ1v) is 8.61. The fraction of sp³-hybridized carbons (Fsp3) is 0.500. The van der Waals surface area contributed by atoms with E-state index in [1.165, 1.54) is 28.8 Å². The second kappa shape index (κ2) is 6.11. The third kappa shape index (κ3) is 3.79. The van der Waals surface area contributed by atoms with Gasteiger partial charge in [0.05, 0.1) is 6.26 Å². The number of carbonyl (C=O) groups excluding carboxylic acids is 1. The summed E-state index contributed by atoms with van der Waals surface area (Å²) in [5.41, 5.74) is 0.324. The van der Waals surface area contributed by atoms with E-state index >= 15 is 0 Å². The molecule has 1 aromatic rings. The van der Waals surface area contributed by atoms with E-state index in [4.69, 9.17) is 0 Å². The molecule has 1 aliphatic heterocycles. The topological polar surface area (TPSA) is 57.7 Å². The minimum absolute atomic E-state index is 0.0865. The highest BCUT2D eigenvalue weighted by atomic mass is 32.2. The van der Waals surface area contributed by atoms with Crippen LogP contribution >= 0.6 is 0 Å². The lowest BCUT2D eigenvalue weighted by Crippen LogP contribution is -2.47. The van der Waals surface area contributed by atoms with E-state index < -0.39 is 15.8 Å². The molecule has 1 heterocycles. The average Bonchev–Trinajstić information content (AvgIpc) is 2.45. The molecule has 0 aromatic heterocycles. The number of carbonyl (C=O) groups is 1. The van der Waals surface area contributed by atoms with Gasteiger partial charge in [0.1, 0.15) is 5.82 Å². The second-order valence-corrected chi connectivity index (χ2v) is 7.35. The predicted molar refractivity (Wildman–Crippen MR) is 77.9 cm³/mol. The van der Waals surface area contributed by atoms with Crippen molar-refractivity contribution in [2.45, 2.75) is 18.9 Å². The number of amides is 1. The van der Waals surface area contributed by atoms with Gasteiger partial charge in [0.15, 0.2) is 0 Å². The first-order chi connectivity index (χ1) is 9.79. The number of hydrogen-bond acceptors (Lipinski definition) is 3. The maximum Gasteiger partial charge on any atom is 0.253 e. The van der Waals surface area contributed by atoms with Gasteiger partial charge >= 0.3 is 0 Å². The highest BCUT2D eigenvalue weighted by Gasteiger charge is 2.29. The zero-order valence-electron chi connectivity index (χ0n) is 12.1. The second-order valence-electron chi connectivity index (χ2n) is 5.31. The first-order valence-electron chi connectivity index (χ1n) is 6.77. The van der Waals surface area contributed by atoms with Crippen molar-refractivity contribution in [3.8, 4) is 0 Å². The van der Waals surface area contributed by atoms with Gasteiger partial charge in [-0.2, -0.15) is 0 Å². The van der Waals surface area contributed by atoms with Gasteiger partial charge < -0.3 is 4.90 Å². The molecule has 0 spiro atoms. The smallest absolute Gasteiger partial charge is 0.253 e. The van der Waals surface area contributed by atoms with Crippen LogP contribution in [0.3, 0.4) is 0 Å². The third-order valence-corrected chi connectivity index (χ3v) is 5.20. The fourth-order valence-corrected chi connectivity index (χ4v) is 3.26. The van der Waals surface area contributed by atoms with Gasteiger partial charge in [-0.3, -0.25) is 4.79 Å². The van der Waals surface area contributed by atoms with Gasteiger partial charge in [-0.05, 0) is 31.0 Å². The highest BCUT2D eigenvalue weighted by molar-refractivity contribution is 7.88.